The molecule has 27 N–H and O–H groups in total. The van der Waals surface area contributed by atoms with E-state index in [1.54, 1.807) is 13.8 Å². The summed E-state index contributed by atoms with van der Waals surface area (Å²) in [5.74, 6) is -2.62. The summed E-state index contributed by atoms with van der Waals surface area (Å²) in [5.41, 5.74) is 5.44. The molecule has 16 unspecified atom stereocenters. The van der Waals surface area contributed by atoms with Gasteiger partial charge in [-0.1, -0.05) is 79.1 Å². The van der Waals surface area contributed by atoms with Crippen molar-refractivity contribution in [2.75, 3.05) is 141 Å². The molecule has 8 heterocycles. The Morgan fingerprint density at radius 2 is 0.843 bits per heavy atom. The molecule has 818 valence electrons. The third-order valence-corrected chi connectivity index (χ3v) is 23.9. The Balaban J connectivity index is 0.00000101. The standard InChI is InChI=1S/C36H66N2O20.C20H41NO10.C16H27NO11.C10H17N4O3.C2H6S.2CH4.Na/c1-16-22(38-17(2)40)31(26(46)20(13-39)55-16)57-36-30(50)28(48)32(53-4)33(58-36)34(51)37-12-10-8-6-5-7-9-11-18(41)23(43)24(44)19(42)14-54-35-29(49)27(47)25(45)21(56-35)15-52-3;1-29-11-14-17(26)18(27)19(28)20(31-14)30-10-13(23)16(25)15(24)12(22)8-6-4-2-3-5-7-9-21;1-5-8(17-6(2)19)12(9(20)7(4-18)26-5)27-16-11(22)10(21)13(25-3)14(28-16)15(23)24;1-14(4-6-17-7-5-14)8-11-9(15-2)13-10(12-8)16-3;1-3-2;;;/h16,18-33,35-36,39,41-50H,5-15H2,1-4H3,(H,37,51)(H,38,40);12-20,22-28H,2-11,21H2,1H3;5,7-14,16,18,20-22H,4H2,1-3H3,(H,17,19)(H,23,24);4-7H2,1-3H3;1-2H3;2*1H4;/q;;;+1;;;;+1/p-1/t16-,18?,19?,20?,21?,22?,23-,24-,25-,26-,27+,28-,29?,30?,31-,32+,33?,35+,36-;12?,13?,14?,15-,16-,17-,18+,19?,20+;5-,7?,8?,9-,10-,11?,12-,13+,14?,16-;;;;;/m111...../s1/i;;;;1D;;;. The molecule has 0 spiro atoms. The van der Waals surface area contributed by atoms with Crippen molar-refractivity contribution in [3.8, 4) is 12.0 Å². The molecule has 54 heteroatoms. The molecule has 0 bridgehead atoms. The normalized spacial score (nSPS) is 33.8. The number of morpholine rings is 1. The smallest absolute Gasteiger partial charge is 0.547 e. The molecule has 8 rings (SSSR count). The first kappa shape index (κ1) is 132. The third kappa shape index (κ3) is 41.0. The molecule has 140 heavy (non-hydrogen) atoms. The first-order valence-corrected chi connectivity index (χ1v) is 46.9. The number of carbonyl (C=O) groups excluding carboxylic acids is 4. The molecule has 1 aromatic rings. The fourth-order valence-electron chi connectivity index (χ4n) is 15.8. The molecule has 3 amide bonds. The van der Waals surface area contributed by atoms with Gasteiger partial charge in [-0.2, -0.15) is 11.8 Å². The summed E-state index contributed by atoms with van der Waals surface area (Å²) in [6, 6.07) is -1.30. The van der Waals surface area contributed by atoms with Crippen molar-refractivity contribution >= 4 is 41.4 Å². The van der Waals surface area contributed by atoms with E-state index >= 15 is 0 Å². The van der Waals surface area contributed by atoms with Crippen LogP contribution < -0.4 is 70.3 Å². The zero-order chi connectivity index (χ0) is 104. The van der Waals surface area contributed by atoms with Crippen molar-refractivity contribution in [1.82, 2.24) is 35.4 Å². The summed E-state index contributed by atoms with van der Waals surface area (Å²) < 4.78 is 97.1. The van der Waals surface area contributed by atoms with Gasteiger partial charge in [-0.25, -0.2) is 0 Å². The Morgan fingerprint density at radius 1 is 0.486 bits per heavy atom. The average Bonchev–Trinajstić information content (AvgIpc) is 0.759. The van der Waals surface area contributed by atoms with Gasteiger partial charge in [0.05, 0.1) is 117 Å². The second-order valence-electron chi connectivity index (χ2n) is 34.4. The Morgan fingerprint density at radius 3 is 1.19 bits per heavy atom. The van der Waals surface area contributed by atoms with E-state index in [4.69, 9.17) is 87.6 Å². The number of hydrogen-bond donors (Lipinski definition) is 26. The van der Waals surface area contributed by atoms with Crippen LogP contribution in [0.5, 0.6) is 12.0 Å². The van der Waals surface area contributed by atoms with Gasteiger partial charge in [0.1, 0.15) is 178 Å². The minimum absolute atomic E-state index is 0. The number of unbranched alkanes of at least 4 members (excludes halogenated alkanes) is 10. The number of thioether (sulfide) groups is 1. The number of likely N-dealkylation sites (N-methyl/N-ethyl adjacent to an activating group) is 1. The van der Waals surface area contributed by atoms with Crippen molar-refractivity contribution in [2.24, 2.45) is 5.73 Å². The Kier molecular flexibility index (Phi) is 65.7. The van der Waals surface area contributed by atoms with Crippen LogP contribution in [-0.2, 0) is 90.2 Å². The van der Waals surface area contributed by atoms with Crippen LogP contribution in [-0.4, -0.2) is 525 Å². The zero-order valence-corrected chi connectivity index (χ0v) is 83.4. The van der Waals surface area contributed by atoms with E-state index in [9.17, 15) is 137 Å². The fourth-order valence-corrected chi connectivity index (χ4v) is 15.8. The molecule has 0 aliphatic carbocycles. The molecule has 7 aliphatic heterocycles. The van der Waals surface area contributed by atoms with Crippen molar-refractivity contribution in [3.05, 3.63) is 0 Å². The number of aliphatic hydroxyl groups is 22. The van der Waals surface area contributed by atoms with Gasteiger partial charge in [-0.15, -0.1) is 15.0 Å². The number of nitrogens with two attached hydrogens (primary N) is 1. The van der Waals surface area contributed by atoms with Crippen LogP contribution in [0.1, 0.15) is 134 Å². The monoisotopic (exact) mass is 2070 g/mol. The Bertz CT molecular complexity index is 3490. The summed E-state index contributed by atoms with van der Waals surface area (Å²) in [7, 11) is 10.2. The van der Waals surface area contributed by atoms with Gasteiger partial charge in [0.15, 0.2) is 31.3 Å². The largest absolute Gasteiger partial charge is 1.00 e. The van der Waals surface area contributed by atoms with E-state index < -0.39 is 283 Å². The van der Waals surface area contributed by atoms with Crippen molar-refractivity contribution in [1.29, 1.82) is 0 Å². The van der Waals surface area contributed by atoms with Crippen molar-refractivity contribution in [2.45, 2.75) is 365 Å². The number of hydrogen-bond acceptors (Lipinski definition) is 49. The number of nitrogens with zero attached hydrogens (tertiary/aromatic N) is 4. The predicted molar refractivity (Wildman–Crippen MR) is 486 cm³/mol. The molecule has 52 nitrogen and oxygen atoms in total. The minimum Gasteiger partial charge on any atom is -0.547 e. The molecule has 38 atom stereocenters. The first-order chi connectivity index (χ1) is 65.4. The number of aliphatic carboxylic acids is 1. The summed E-state index contributed by atoms with van der Waals surface area (Å²) in [6.07, 6.45) is -39.4. The molecule has 0 radical (unpaired) electrons. The number of nitrogens with one attached hydrogen (secondary N) is 3. The molecular formula is C86H164N8NaO44S+. The molecule has 7 aliphatic rings. The summed E-state index contributed by atoms with van der Waals surface area (Å²) in [4.78, 5) is 60.5. The van der Waals surface area contributed by atoms with Crippen LogP contribution in [0.2, 0.25) is 0 Å². The summed E-state index contributed by atoms with van der Waals surface area (Å²) in [6.45, 7) is 7.14. The number of amides is 3. The van der Waals surface area contributed by atoms with Gasteiger partial charge in [-0.05, 0) is 58.6 Å². The number of rotatable bonds is 48. The number of aliphatic hydroxyl groups excluding tert-OH is 22. The first-order valence-electron chi connectivity index (χ1n) is 46.3. The van der Waals surface area contributed by atoms with Gasteiger partial charge in [0, 0.05) is 50.2 Å². The number of methoxy groups -OCH3 is 6. The topological polar surface area (TPSA) is 794 Å². The molecule has 7 fully saturated rings. The van der Waals surface area contributed by atoms with Crippen LogP contribution in [0.4, 0.5) is 5.95 Å². The van der Waals surface area contributed by atoms with E-state index in [-0.39, 0.29) is 89.0 Å². The van der Waals surface area contributed by atoms with E-state index in [0.717, 1.165) is 65.1 Å². The van der Waals surface area contributed by atoms with Gasteiger partial charge in [0.2, 0.25) is 11.8 Å². The predicted octanol–water partition coefficient (Wildman–Crippen LogP) is -13.8. The molecule has 0 aromatic carbocycles. The maximum Gasteiger partial charge on any atom is 1.00 e. The number of carboxylic acid groups (broad SMARTS) is 1. The van der Waals surface area contributed by atoms with Gasteiger partial charge in [0.25, 0.3) is 5.91 Å². The maximum atomic E-state index is 13.2. The second kappa shape index (κ2) is 69.5. The number of carbonyl (C=O) groups is 4. The Labute approximate surface area is 844 Å². The van der Waals surface area contributed by atoms with Crippen molar-refractivity contribution < 1.29 is 248 Å². The number of aromatic nitrogens is 3. The molecule has 1 aromatic heterocycles. The van der Waals surface area contributed by atoms with Crippen LogP contribution in [0, 0.1) is 0 Å². The minimum atomic E-state index is -1.81. The number of quaternary nitrogens is 1. The van der Waals surface area contributed by atoms with Crippen LogP contribution in [0.3, 0.4) is 0 Å². The fraction of sp³-hybridized carbons (Fsp3) is 0.919. The molecule has 0 saturated carbocycles. The van der Waals surface area contributed by atoms with Crippen LogP contribution >= 0.6 is 11.8 Å². The SMILES string of the molecule is C.C.COCC1O[C@H](OCC(O)[C@@H](O)[C@H](O)C(O)CCCCCCCCN)C(O)[C@@H](O)[C@@H]1O.COCC1O[C@H](OCC(O)[C@@H](O)[C@H](O)C(O)CCCCCCCCNC(=O)C2O[C@@H](O[C@@H]3C(NC(C)=O)[C@@H](C)OC(CO)[C@H]3O)C(O)[C@@H](O)[C@@H]2OC)C(O)[C@@H](O)[C@@H]1O.CO[C@@H]1C(C(=O)[O-])O[C@@H](O[C@@H]2C(NC(C)=O)[C@@H](C)OC(CO)[C@H]2O)C(O)[C@H]1O.COc1nc(OC)nc([N+]2(C)CCOCC2)n1.[2H]CSC.[Na+]. The Hall–Kier alpha value is -3.72. The van der Waals surface area contributed by atoms with E-state index in [0.29, 0.717) is 68.5 Å². The second-order valence-corrected chi connectivity index (χ2v) is 35.0. The summed E-state index contributed by atoms with van der Waals surface area (Å²) in [5, 5.41) is 244. The van der Waals surface area contributed by atoms with Gasteiger partial charge < -0.3 is 224 Å². The summed E-state index contributed by atoms with van der Waals surface area (Å²) >= 11 is 1.52. The average molecular weight is 2070 g/mol. The third-order valence-electron chi connectivity index (χ3n) is 23.9. The number of ether oxygens (including phenoxy) is 17. The van der Waals surface area contributed by atoms with Crippen molar-refractivity contribution in [3.63, 3.8) is 0 Å². The number of carboxylic acids is 1. The van der Waals surface area contributed by atoms with E-state index in [1.807, 2.05) is 6.26 Å². The van der Waals surface area contributed by atoms with Gasteiger partial charge >= 0.3 is 47.5 Å². The molecular weight excluding hydrogens is 1900 g/mol. The van der Waals surface area contributed by atoms with Crippen LogP contribution in [0.15, 0.2) is 0 Å². The molecule has 7 saturated heterocycles. The van der Waals surface area contributed by atoms with Crippen LogP contribution in [0.25, 0.3) is 0 Å². The zero-order valence-electron chi connectivity index (χ0n) is 81.6. The van der Waals surface area contributed by atoms with E-state index in [2.05, 4.69) is 37.9 Å². The van der Waals surface area contributed by atoms with E-state index in [1.165, 1.54) is 61.2 Å². The van der Waals surface area contributed by atoms with Gasteiger partial charge in [-0.3, -0.25) is 18.9 Å². The quantitative estimate of drug-likeness (QED) is 0.0164. The maximum absolute atomic E-state index is 13.2.